The third-order valence-corrected chi connectivity index (χ3v) is 13.6. The highest BCUT2D eigenvalue weighted by atomic mass is 32.1. The zero-order valence-electron chi connectivity index (χ0n) is 40.9. The number of ether oxygens (including phenoxy) is 3. The average molecular weight is 1040 g/mol. The maximum atomic E-state index is 15.3. The number of carbonyl (C=O) groups excluding carboxylic acids is 4. The minimum atomic E-state index is -4.85. The van der Waals surface area contributed by atoms with Crippen molar-refractivity contribution in [3.05, 3.63) is 94.4 Å². The van der Waals surface area contributed by atoms with Crippen molar-refractivity contribution in [3.63, 3.8) is 0 Å². The number of aromatic nitrogens is 1. The summed E-state index contributed by atoms with van der Waals surface area (Å²) < 4.78 is 73.4. The number of hydrogen-bond acceptors (Lipinski definition) is 12. The van der Waals surface area contributed by atoms with E-state index in [2.05, 4.69) is 15.6 Å². The molecule has 3 N–H and O–H groups in total. The molecule has 0 saturated carbocycles. The first-order valence-corrected chi connectivity index (χ1v) is 24.7. The molecule has 0 bridgehead atoms. The minimum Gasteiger partial charge on any atom is -0.491 e. The summed E-state index contributed by atoms with van der Waals surface area (Å²) in [5.41, 5.74) is 0.721. The van der Waals surface area contributed by atoms with Crippen molar-refractivity contribution in [1.82, 2.24) is 20.5 Å². The molecule has 4 amide bonds. The van der Waals surface area contributed by atoms with Crippen LogP contribution in [0.25, 0.3) is 10.4 Å². The van der Waals surface area contributed by atoms with Gasteiger partial charge < -0.3 is 39.8 Å². The van der Waals surface area contributed by atoms with Gasteiger partial charge in [-0.05, 0) is 106 Å². The Labute approximate surface area is 425 Å². The van der Waals surface area contributed by atoms with Crippen molar-refractivity contribution in [2.75, 3.05) is 49.4 Å². The van der Waals surface area contributed by atoms with Gasteiger partial charge in [-0.3, -0.25) is 24.1 Å². The van der Waals surface area contributed by atoms with Crippen LogP contribution in [0.5, 0.6) is 5.75 Å². The Morgan fingerprint density at radius 2 is 1.65 bits per heavy atom. The highest BCUT2D eigenvalue weighted by Crippen LogP contribution is 2.40. The van der Waals surface area contributed by atoms with E-state index in [0.717, 1.165) is 38.7 Å². The predicted octanol–water partition coefficient (Wildman–Crippen LogP) is 7.85. The number of carbonyl (C=O) groups is 4. The highest BCUT2D eigenvalue weighted by molar-refractivity contribution is 7.81. The lowest BCUT2D eigenvalue weighted by Crippen LogP contribution is -2.58. The van der Waals surface area contributed by atoms with Crippen LogP contribution >= 0.6 is 23.6 Å². The summed E-state index contributed by atoms with van der Waals surface area (Å²) in [7, 11) is 0. The number of thiazole rings is 1. The van der Waals surface area contributed by atoms with Crippen LogP contribution in [0.15, 0.2) is 66.2 Å². The topological polar surface area (TPSA) is 187 Å². The van der Waals surface area contributed by atoms with Crippen molar-refractivity contribution in [3.8, 4) is 22.3 Å². The van der Waals surface area contributed by atoms with E-state index in [1.165, 1.54) is 47.9 Å². The molecule has 2 aliphatic rings. The standard InChI is InChI=1S/C51H59F4N7O8S2/c1-31-43(72-30-58-31)33-13-11-32(12-14-33)27-57-45(65)40-25-37(63)28-60(40)46(66)44(49(2,3)4)59-42(64)29-69-21-10-20-68-19-8-7-9-22-70-41-18-17-36(24-39(41)52)62-48(71)61(47(67)50(62,5)6)35-16-15-34(26-56)38(23-35)51(53,54)55/h11-18,23-24,30,37,40,44,63H,7-10,19-22,25,27-29H2,1-6H3,(H,57,65)(H,59,64)/t37-,40+,44?/m1/s1. The van der Waals surface area contributed by atoms with E-state index in [4.69, 9.17) is 26.4 Å². The molecule has 2 aliphatic heterocycles. The van der Waals surface area contributed by atoms with Gasteiger partial charge in [-0.15, -0.1) is 11.3 Å². The lowest BCUT2D eigenvalue weighted by Gasteiger charge is -2.35. The number of aliphatic hydroxyl groups excluding tert-OH is 1. The first-order valence-electron chi connectivity index (χ1n) is 23.5. The number of β-amino-alcohol motifs (C(OH)–C–C–N with tert-alkyl or cyclic N) is 1. The van der Waals surface area contributed by atoms with Gasteiger partial charge in [0.25, 0.3) is 5.91 Å². The molecule has 0 radical (unpaired) electrons. The molecule has 2 fully saturated rings. The Morgan fingerprint density at radius 3 is 2.31 bits per heavy atom. The van der Waals surface area contributed by atoms with Gasteiger partial charge in [0.15, 0.2) is 16.7 Å². The molecule has 3 atom stereocenters. The Kier molecular flexibility index (Phi) is 18.2. The number of amides is 4. The number of nitrogens with one attached hydrogen (secondary N) is 2. The second kappa shape index (κ2) is 23.7. The zero-order chi connectivity index (χ0) is 52.5. The molecule has 72 heavy (non-hydrogen) atoms. The minimum absolute atomic E-state index is 0.0331. The molecular weight excluding hydrogens is 979 g/mol. The van der Waals surface area contributed by atoms with Crippen LogP contribution in [0.4, 0.5) is 28.9 Å². The summed E-state index contributed by atoms with van der Waals surface area (Å²) in [6, 6.07) is 14.3. The number of rotatable bonds is 21. The third-order valence-electron chi connectivity index (χ3n) is 12.2. The first kappa shape index (κ1) is 55.3. The molecule has 1 unspecified atom stereocenters. The van der Waals surface area contributed by atoms with Gasteiger partial charge in [0.2, 0.25) is 17.7 Å². The van der Waals surface area contributed by atoms with E-state index in [9.17, 15) is 42.7 Å². The smallest absolute Gasteiger partial charge is 0.417 e. The van der Waals surface area contributed by atoms with E-state index >= 15 is 4.39 Å². The number of anilines is 2. The SMILES string of the molecule is Cc1ncsc1-c1ccc(CNC(=O)[C@@H]2C[C@@H](O)CN2C(=O)C(NC(=O)COCCCOCCCCCOc2ccc(N3C(=S)N(c4ccc(C#N)c(C(F)(F)F)c4)C(=O)C3(C)C)cc2F)C(C)(C)C)cc1. The largest absolute Gasteiger partial charge is 0.491 e. The summed E-state index contributed by atoms with van der Waals surface area (Å²) in [6.07, 6.45) is -3.17. The number of thiocarbonyl (C=S) groups is 1. The van der Waals surface area contributed by atoms with E-state index in [-0.39, 0.29) is 61.6 Å². The Hall–Kier alpha value is -6.05. The molecule has 15 nitrogen and oxygen atoms in total. The summed E-state index contributed by atoms with van der Waals surface area (Å²) in [6.45, 7) is 11.5. The van der Waals surface area contributed by atoms with Crippen LogP contribution in [0.1, 0.15) is 89.1 Å². The number of benzene rings is 3. The maximum absolute atomic E-state index is 15.3. The monoisotopic (exact) mass is 1040 g/mol. The summed E-state index contributed by atoms with van der Waals surface area (Å²) >= 11 is 7.10. The van der Waals surface area contributed by atoms with Gasteiger partial charge in [-0.25, -0.2) is 9.37 Å². The molecular formula is C51H59F4N7O8S2. The molecule has 21 heteroatoms. The fourth-order valence-electron chi connectivity index (χ4n) is 8.38. The van der Waals surface area contributed by atoms with E-state index in [1.54, 1.807) is 37.6 Å². The van der Waals surface area contributed by atoms with Crippen molar-refractivity contribution in [1.29, 1.82) is 5.26 Å². The Bertz CT molecular complexity index is 2650. The zero-order valence-corrected chi connectivity index (χ0v) is 42.6. The fourth-order valence-corrected chi connectivity index (χ4v) is 9.72. The molecule has 1 aromatic heterocycles. The lowest BCUT2D eigenvalue weighted by atomic mass is 9.85. The first-order chi connectivity index (χ1) is 34.0. The maximum Gasteiger partial charge on any atom is 0.417 e. The van der Waals surface area contributed by atoms with Gasteiger partial charge in [0, 0.05) is 51.1 Å². The number of likely N-dealkylation sites (tertiary alicyclic amines) is 1. The summed E-state index contributed by atoms with van der Waals surface area (Å²) in [5, 5.41) is 25.3. The molecule has 2 saturated heterocycles. The molecule has 0 aliphatic carbocycles. The molecule has 0 spiro atoms. The Morgan fingerprint density at radius 1 is 0.972 bits per heavy atom. The van der Waals surface area contributed by atoms with E-state index in [0.29, 0.717) is 45.0 Å². The number of unbranched alkanes of at least 4 members (excludes halogenated alkanes) is 2. The van der Waals surface area contributed by atoms with Crippen LogP contribution < -0.4 is 25.2 Å². The van der Waals surface area contributed by atoms with Crippen molar-refractivity contribution < 1.29 is 56.1 Å². The lowest BCUT2D eigenvalue weighted by molar-refractivity contribution is -0.144. The number of aliphatic hydroxyl groups is 1. The third kappa shape index (κ3) is 13.3. The van der Waals surface area contributed by atoms with Crippen LogP contribution in [0.3, 0.4) is 0 Å². The van der Waals surface area contributed by atoms with E-state index in [1.807, 2.05) is 31.2 Å². The normalized spacial score (nSPS) is 17.3. The average Bonchev–Trinajstić information content (AvgIpc) is 3.99. The Balaban J connectivity index is 0.863. The molecule has 6 rings (SSSR count). The van der Waals surface area contributed by atoms with Gasteiger partial charge in [-0.2, -0.15) is 18.4 Å². The summed E-state index contributed by atoms with van der Waals surface area (Å²) in [5.74, 6) is -2.77. The van der Waals surface area contributed by atoms with Crippen molar-refractivity contribution in [2.24, 2.45) is 5.41 Å². The molecule has 4 aromatic rings. The second-order valence-electron chi connectivity index (χ2n) is 19.1. The number of nitrogens with zero attached hydrogens (tertiary/aromatic N) is 5. The predicted molar refractivity (Wildman–Crippen MR) is 266 cm³/mol. The summed E-state index contributed by atoms with van der Waals surface area (Å²) in [4.78, 5) is 62.9. The quantitative estimate of drug-likeness (QED) is 0.0418. The second-order valence-corrected chi connectivity index (χ2v) is 20.4. The van der Waals surface area contributed by atoms with Gasteiger partial charge in [-0.1, -0.05) is 45.0 Å². The molecule has 386 valence electrons. The number of hydrogen-bond donors (Lipinski definition) is 3. The van der Waals surface area contributed by atoms with Crippen molar-refractivity contribution in [2.45, 2.75) is 110 Å². The van der Waals surface area contributed by atoms with Gasteiger partial charge in [0.05, 0.1) is 51.7 Å². The van der Waals surface area contributed by atoms with Crippen LogP contribution in [0.2, 0.25) is 0 Å². The molecule has 3 heterocycles. The number of halogens is 4. The van der Waals surface area contributed by atoms with Gasteiger partial charge in [0.1, 0.15) is 24.2 Å². The van der Waals surface area contributed by atoms with Crippen LogP contribution in [-0.4, -0.2) is 107 Å². The fraction of sp³-hybridized carbons (Fsp3) is 0.471. The van der Waals surface area contributed by atoms with Crippen LogP contribution in [0, 0.1) is 29.5 Å². The number of aryl methyl sites for hydroxylation is 1. The number of alkyl halides is 3. The number of nitriles is 1. The molecule has 3 aromatic carbocycles. The van der Waals surface area contributed by atoms with Gasteiger partial charge >= 0.3 is 6.18 Å². The van der Waals surface area contributed by atoms with E-state index < -0.39 is 75.9 Å². The van der Waals surface area contributed by atoms with Crippen LogP contribution in [-0.2, 0) is 41.4 Å². The highest BCUT2D eigenvalue weighted by Gasteiger charge is 2.51. The van der Waals surface area contributed by atoms with Crippen molar-refractivity contribution >= 4 is 63.7 Å².